The summed E-state index contributed by atoms with van der Waals surface area (Å²) in [5.74, 6) is -0.342. The number of rotatable bonds is 3. The van der Waals surface area contributed by atoms with E-state index in [9.17, 15) is 14.8 Å². The first-order chi connectivity index (χ1) is 11.0. The molecule has 1 aromatic carbocycles. The second kappa shape index (κ2) is 5.88. The molecule has 0 spiro atoms. The Morgan fingerprint density at radius 2 is 1.96 bits per heavy atom. The number of aromatic amines is 1. The van der Waals surface area contributed by atoms with E-state index in [4.69, 9.17) is 4.74 Å². The predicted molar refractivity (Wildman–Crippen MR) is 81.6 cm³/mol. The molecule has 7 heteroatoms. The number of hydrogen-bond donors (Lipinski definition) is 1. The first kappa shape index (κ1) is 14.7. The molecule has 0 aliphatic heterocycles. The van der Waals surface area contributed by atoms with Crippen LogP contribution in [0.15, 0.2) is 53.6 Å². The molecular formula is C16H13N3O4. The Labute approximate surface area is 130 Å². The van der Waals surface area contributed by atoms with E-state index in [-0.39, 0.29) is 16.9 Å². The minimum atomic E-state index is -0.737. The maximum atomic E-state index is 12.0. The maximum Gasteiger partial charge on any atom is 0.339 e. The van der Waals surface area contributed by atoms with Crippen molar-refractivity contribution in [2.45, 2.75) is 13.0 Å². The van der Waals surface area contributed by atoms with E-state index < -0.39 is 12.1 Å². The highest BCUT2D eigenvalue weighted by atomic mass is 16.5. The summed E-state index contributed by atoms with van der Waals surface area (Å²) >= 11 is 0. The van der Waals surface area contributed by atoms with Crippen LogP contribution in [0.2, 0.25) is 0 Å². The van der Waals surface area contributed by atoms with E-state index in [1.807, 2.05) is 0 Å². The fraction of sp³-hybridized carbons (Fsp3) is 0.125. The van der Waals surface area contributed by atoms with Crippen LogP contribution in [0, 0.1) is 5.21 Å². The molecule has 3 rings (SSSR count). The van der Waals surface area contributed by atoms with Gasteiger partial charge >= 0.3 is 5.97 Å². The van der Waals surface area contributed by atoms with Gasteiger partial charge in [-0.15, -0.1) is 0 Å². The number of H-pyrrole nitrogens is 1. The quantitative estimate of drug-likeness (QED) is 0.448. The average Bonchev–Trinajstić information content (AvgIpc) is 2.55. The second-order valence-corrected chi connectivity index (χ2v) is 4.96. The van der Waals surface area contributed by atoms with Gasteiger partial charge in [0.15, 0.2) is 24.3 Å². The lowest BCUT2D eigenvalue weighted by atomic mass is 10.2. The predicted octanol–water partition coefficient (Wildman–Crippen LogP) is 1.47. The van der Waals surface area contributed by atoms with E-state index in [0.29, 0.717) is 15.6 Å². The monoisotopic (exact) mass is 311 g/mol. The number of nitrogens with one attached hydrogen (secondary N) is 1. The van der Waals surface area contributed by atoms with Crippen molar-refractivity contribution in [2.75, 3.05) is 0 Å². The van der Waals surface area contributed by atoms with Gasteiger partial charge in [0.25, 0.3) is 5.56 Å². The van der Waals surface area contributed by atoms with Gasteiger partial charge in [0.2, 0.25) is 0 Å². The van der Waals surface area contributed by atoms with Crippen molar-refractivity contribution in [1.82, 2.24) is 9.97 Å². The van der Waals surface area contributed by atoms with Gasteiger partial charge in [0, 0.05) is 12.1 Å². The fourth-order valence-corrected chi connectivity index (χ4v) is 2.13. The third-order valence-electron chi connectivity index (χ3n) is 3.34. The summed E-state index contributed by atoms with van der Waals surface area (Å²) in [7, 11) is 0. The Morgan fingerprint density at radius 3 is 2.70 bits per heavy atom. The van der Waals surface area contributed by atoms with Crippen molar-refractivity contribution in [3.63, 3.8) is 0 Å². The summed E-state index contributed by atoms with van der Waals surface area (Å²) in [6, 6.07) is 9.63. The van der Waals surface area contributed by atoms with Crippen LogP contribution in [-0.4, -0.2) is 15.9 Å². The number of carbonyl (C=O) groups is 1. The van der Waals surface area contributed by atoms with E-state index in [1.54, 1.807) is 31.2 Å². The molecule has 0 radical (unpaired) electrons. The number of ether oxygens (including phenoxy) is 1. The van der Waals surface area contributed by atoms with Gasteiger partial charge < -0.3 is 14.9 Å². The first-order valence-electron chi connectivity index (χ1n) is 6.93. The SMILES string of the molecule is C[C@H](OC(=O)c1cc[n+]([O-])cc1)c1nc2ccccc2c(=O)[nH]1. The molecule has 2 aromatic heterocycles. The van der Waals surface area contributed by atoms with Crippen LogP contribution in [-0.2, 0) is 4.74 Å². The number of pyridine rings is 1. The fourth-order valence-electron chi connectivity index (χ4n) is 2.13. The lowest BCUT2D eigenvalue weighted by Crippen LogP contribution is -2.24. The third-order valence-corrected chi connectivity index (χ3v) is 3.34. The van der Waals surface area contributed by atoms with Crippen LogP contribution in [0.5, 0.6) is 0 Å². The van der Waals surface area contributed by atoms with Crippen LogP contribution in [0.3, 0.4) is 0 Å². The highest BCUT2D eigenvalue weighted by Gasteiger charge is 2.17. The number of aromatic nitrogens is 3. The molecule has 116 valence electrons. The van der Waals surface area contributed by atoms with Gasteiger partial charge in [-0.05, 0) is 19.1 Å². The molecular weight excluding hydrogens is 298 g/mol. The summed E-state index contributed by atoms with van der Waals surface area (Å²) in [5, 5.41) is 11.4. The molecule has 23 heavy (non-hydrogen) atoms. The molecule has 0 saturated carbocycles. The highest BCUT2D eigenvalue weighted by Crippen LogP contribution is 2.16. The average molecular weight is 311 g/mol. The van der Waals surface area contributed by atoms with Crippen LogP contribution in [0.4, 0.5) is 0 Å². The third kappa shape index (κ3) is 3.03. The largest absolute Gasteiger partial charge is 0.619 e. The van der Waals surface area contributed by atoms with Crippen LogP contribution in [0.1, 0.15) is 29.2 Å². The normalized spacial score (nSPS) is 12.0. The Kier molecular flexibility index (Phi) is 3.76. The van der Waals surface area contributed by atoms with Gasteiger partial charge in [-0.25, -0.2) is 9.78 Å². The molecule has 0 fully saturated rings. The van der Waals surface area contributed by atoms with E-state index >= 15 is 0 Å². The molecule has 1 N–H and O–H groups in total. The maximum absolute atomic E-state index is 12.0. The molecule has 0 saturated heterocycles. The zero-order valence-electron chi connectivity index (χ0n) is 12.2. The van der Waals surface area contributed by atoms with Crippen molar-refractivity contribution in [3.05, 3.63) is 75.7 Å². The molecule has 7 nitrogen and oxygen atoms in total. The smallest absolute Gasteiger partial charge is 0.339 e. The van der Waals surface area contributed by atoms with E-state index in [1.165, 1.54) is 24.5 Å². The number of esters is 1. The number of carbonyl (C=O) groups excluding carboxylic acids is 1. The summed E-state index contributed by atoms with van der Waals surface area (Å²) in [4.78, 5) is 31.0. The van der Waals surface area contributed by atoms with Crippen molar-refractivity contribution < 1.29 is 14.3 Å². The van der Waals surface area contributed by atoms with Crippen LogP contribution in [0.25, 0.3) is 10.9 Å². The van der Waals surface area contributed by atoms with E-state index in [2.05, 4.69) is 9.97 Å². The van der Waals surface area contributed by atoms with E-state index in [0.717, 1.165) is 0 Å². The van der Waals surface area contributed by atoms with Gasteiger partial charge in [0.05, 0.1) is 16.5 Å². The number of para-hydroxylation sites is 1. The topological polar surface area (TPSA) is 99.0 Å². The lowest BCUT2D eigenvalue weighted by Gasteiger charge is -2.13. The minimum absolute atomic E-state index is 0.243. The minimum Gasteiger partial charge on any atom is -0.619 e. The summed E-state index contributed by atoms with van der Waals surface area (Å²) < 4.78 is 5.86. The standard InChI is InChI=1S/C16H13N3O4/c1-10(23-16(21)11-6-8-19(22)9-7-11)14-17-13-5-3-2-4-12(13)15(20)18-14/h2-10H,1H3,(H,17,18,20)/t10-/m0/s1. The van der Waals surface area contributed by atoms with Crippen LogP contribution < -0.4 is 10.3 Å². The summed E-state index contributed by atoms with van der Waals surface area (Å²) in [5.41, 5.74) is 0.481. The van der Waals surface area contributed by atoms with Gasteiger partial charge in [0.1, 0.15) is 0 Å². The van der Waals surface area contributed by atoms with Crippen molar-refractivity contribution in [3.8, 4) is 0 Å². The first-order valence-corrected chi connectivity index (χ1v) is 6.93. The molecule has 2 heterocycles. The van der Waals surface area contributed by atoms with Crippen molar-refractivity contribution >= 4 is 16.9 Å². The number of fused-ring (bicyclic) bond motifs is 1. The number of benzene rings is 1. The Bertz CT molecular complexity index is 919. The molecule has 0 aliphatic carbocycles. The Hall–Kier alpha value is -3.22. The number of nitrogens with zero attached hydrogens (tertiary/aromatic N) is 2. The number of hydrogen-bond acceptors (Lipinski definition) is 5. The molecule has 0 bridgehead atoms. The zero-order chi connectivity index (χ0) is 16.4. The van der Waals surface area contributed by atoms with Crippen LogP contribution >= 0.6 is 0 Å². The van der Waals surface area contributed by atoms with Crippen molar-refractivity contribution in [2.24, 2.45) is 0 Å². The molecule has 0 unspecified atom stereocenters. The Morgan fingerprint density at radius 1 is 1.26 bits per heavy atom. The Balaban J connectivity index is 1.85. The second-order valence-electron chi connectivity index (χ2n) is 4.96. The zero-order valence-corrected chi connectivity index (χ0v) is 12.2. The van der Waals surface area contributed by atoms with Gasteiger partial charge in [-0.3, -0.25) is 4.79 Å². The van der Waals surface area contributed by atoms with Gasteiger partial charge in [-0.2, -0.15) is 4.73 Å². The molecule has 1 atom stereocenters. The van der Waals surface area contributed by atoms with Gasteiger partial charge in [-0.1, -0.05) is 12.1 Å². The highest BCUT2D eigenvalue weighted by molar-refractivity contribution is 5.89. The summed E-state index contributed by atoms with van der Waals surface area (Å²) in [6.45, 7) is 1.61. The lowest BCUT2D eigenvalue weighted by molar-refractivity contribution is -0.605. The summed E-state index contributed by atoms with van der Waals surface area (Å²) in [6.07, 6.45) is 1.67. The molecule has 3 aromatic rings. The molecule has 0 amide bonds. The molecule has 0 aliphatic rings. The van der Waals surface area contributed by atoms with Crippen molar-refractivity contribution in [1.29, 1.82) is 0 Å².